The van der Waals surface area contributed by atoms with Crippen molar-refractivity contribution < 1.29 is 0 Å². The molecule has 0 bridgehead atoms. The second-order valence-electron chi connectivity index (χ2n) is 14.5. The zero-order valence-corrected chi connectivity index (χ0v) is 28.8. The van der Waals surface area contributed by atoms with Crippen molar-refractivity contribution in [2.24, 2.45) is 0 Å². The Balaban J connectivity index is 1.17. The van der Waals surface area contributed by atoms with Crippen LogP contribution in [-0.4, -0.2) is 0 Å². The molecule has 0 saturated heterocycles. The van der Waals surface area contributed by atoms with Crippen molar-refractivity contribution in [3.8, 4) is 22.3 Å². The van der Waals surface area contributed by atoms with Crippen LogP contribution in [0.1, 0.15) is 47.2 Å². The van der Waals surface area contributed by atoms with Gasteiger partial charge in [-0.05, 0) is 109 Å². The minimum Gasteiger partial charge on any atom is -0.310 e. The molecule has 0 saturated carbocycles. The highest BCUT2D eigenvalue weighted by Crippen LogP contribution is 2.63. The van der Waals surface area contributed by atoms with E-state index in [1.807, 2.05) is 0 Å². The van der Waals surface area contributed by atoms with Crippen molar-refractivity contribution in [1.29, 1.82) is 0 Å². The van der Waals surface area contributed by atoms with E-state index in [0.29, 0.717) is 0 Å². The van der Waals surface area contributed by atoms with Crippen LogP contribution in [-0.2, 0) is 10.8 Å². The maximum atomic E-state index is 2.39. The Kier molecular flexibility index (Phi) is 6.51. The summed E-state index contributed by atoms with van der Waals surface area (Å²) in [5, 5.41) is 2.45. The minimum absolute atomic E-state index is 0.110. The molecule has 1 spiro atoms. The highest BCUT2D eigenvalue weighted by atomic mass is 15.1. The Labute approximate surface area is 300 Å². The fraction of sp³-hybridized carbons (Fsp3) is 0.0800. The van der Waals surface area contributed by atoms with E-state index >= 15 is 0 Å². The number of hydrogen-bond acceptors (Lipinski definition) is 1. The summed E-state index contributed by atoms with van der Waals surface area (Å²) in [6, 6.07) is 69.5. The molecule has 0 N–H and O–H groups in total. The zero-order valence-electron chi connectivity index (χ0n) is 28.8. The average molecular weight is 652 g/mol. The third-order valence-corrected chi connectivity index (χ3v) is 11.5. The minimum atomic E-state index is -0.394. The number of rotatable bonds is 4. The SMILES string of the molecule is CC1(C)c2ccccc2C2(c3ccccc3-c3c(-c4ccc5cc(N(c6ccccc6)c6ccccc6)ccc5c4)cccc32)c2ccccc21. The van der Waals surface area contributed by atoms with E-state index in [-0.39, 0.29) is 5.41 Å². The van der Waals surface area contributed by atoms with E-state index in [0.717, 1.165) is 17.1 Å². The Morgan fingerprint density at radius 2 is 0.843 bits per heavy atom. The number of hydrogen-bond donors (Lipinski definition) is 0. The van der Waals surface area contributed by atoms with Gasteiger partial charge in [-0.25, -0.2) is 0 Å². The lowest BCUT2D eigenvalue weighted by Crippen LogP contribution is -2.40. The molecule has 1 nitrogen and oxygen atoms in total. The standard InChI is InChI=1S/C50H37N/c1-49(2)43-23-11-13-25-45(43)50(46-26-14-12-24-44(46)49)42-22-10-9-20-41(42)48-40(21-15-27-47(48)50)36-29-28-35-33-39(31-30-34(35)32-36)51(37-16-5-3-6-17-37)38-18-7-4-8-19-38/h3-33H,1-2H3. The lowest BCUT2D eigenvalue weighted by Gasteiger charge is -2.46. The Morgan fingerprint density at radius 1 is 0.353 bits per heavy atom. The van der Waals surface area contributed by atoms with Gasteiger partial charge in [-0.15, -0.1) is 0 Å². The van der Waals surface area contributed by atoms with Crippen LogP contribution in [0.5, 0.6) is 0 Å². The summed E-state index contributed by atoms with van der Waals surface area (Å²) in [6.07, 6.45) is 0. The molecule has 8 aromatic carbocycles. The van der Waals surface area contributed by atoms with Gasteiger partial charge in [-0.3, -0.25) is 0 Å². The molecule has 10 rings (SSSR count). The molecule has 0 aliphatic heterocycles. The molecular formula is C50H37N. The predicted octanol–water partition coefficient (Wildman–Crippen LogP) is 13.0. The summed E-state index contributed by atoms with van der Waals surface area (Å²) in [5.41, 5.74) is 16.4. The monoisotopic (exact) mass is 651 g/mol. The fourth-order valence-corrected chi connectivity index (χ4v) is 9.29. The first-order chi connectivity index (χ1) is 25.1. The quantitative estimate of drug-likeness (QED) is 0.183. The second kappa shape index (κ2) is 11.2. The number of fused-ring (bicyclic) bond motifs is 10. The molecule has 0 unspecified atom stereocenters. The van der Waals surface area contributed by atoms with Gasteiger partial charge in [0.1, 0.15) is 0 Å². The highest BCUT2D eigenvalue weighted by molar-refractivity contribution is 5.99. The third-order valence-electron chi connectivity index (χ3n) is 11.5. The second-order valence-corrected chi connectivity index (χ2v) is 14.5. The molecule has 0 heterocycles. The van der Waals surface area contributed by atoms with E-state index in [2.05, 4.69) is 207 Å². The van der Waals surface area contributed by atoms with Crippen LogP contribution in [0.3, 0.4) is 0 Å². The first-order valence-corrected chi connectivity index (χ1v) is 17.9. The van der Waals surface area contributed by atoms with Gasteiger partial charge in [0.2, 0.25) is 0 Å². The van der Waals surface area contributed by atoms with Crippen LogP contribution in [0.15, 0.2) is 188 Å². The Hall–Kier alpha value is -6.18. The number of benzene rings is 8. The highest BCUT2D eigenvalue weighted by Gasteiger charge is 2.53. The van der Waals surface area contributed by atoms with Crippen LogP contribution >= 0.6 is 0 Å². The van der Waals surface area contributed by atoms with Crippen molar-refractivity contribution in [1.82, 2.24) is 0 Å². The molecule has 2 aliphatic rings. The van der Waals surface area contributed by atoms with Crippen molar-refractivity contribution in [3.05, 3.63) is 221 Å². The van der Waals surface area contributed by atoms with Gasteiger partial charge in [0.25, 0.3) is 0 Å². The molecule has 0 fully saturated rings. The van der Waals surface area contributed by atoms with Crippen LogP contribution in [0.25, 0.3) is 33.0 Å². The van der Waals surface area contributed by atoms with Gasteiger partial charge in [0.05, 0.1) is 5.41 Å². The summed E-state index contributed by atoms with van der Waals surface area (Å²) in [4.78, 5) is 2.33. The number of anilines is 3. The molecule has 0 amide bonds. The first-order valence-electron chi connectivity index (χ1n) is 17.9. The van der Waals surface area contributed by atoms with E-state index < -0.39 is 5.41 Å². The molecule has 51 heavy (non-hydrogen) atoms. The van der Waals surface area contributed by atoms with Crippen molar-refractivity contribution in [2.75, 3.05) is 4.90 Å². The van der Waals surface area contributed by atoms with E-state index in [1.54, 1.807) is 0 Å². The topological polar surface area (TPSA) is 3.24 Å². The lowest BCUT2D eigenvalue weighted by atomic mass is 9.55. The molecule has 0 atom stereocenters. The van der Waals surface area contributed by atoms with Crippen molar-refractivity contribution >= 4 is 27.8 Å². The Bertz CT molecular complexity index is 2530. The van der Waals surface area contributed by atoms with Gasteiger partial charge < -0.3 is 4.90 Å². The van der Waals surface area contributed by atoms with E-state index in [9.17, 15) is 0 Å². The number of para-hydroxylation sites is 2. The fourth-order valence-electron chi connectivity index (χ4n) is 9.29. The van der Waals surface area contributed by atoms with Crippen molar-refractivity contribution in [2.45, 2.75) is 24.7 Å². The maximum absolute atomic E-state index is 2.39. The molecule has 0 aromatic heterocycles. The van der Waals surface area contributed by atoms with Crippen molar-refractivity contribution in [3.63, 3.8) is 0 Å². The average Bonchev–Trinajstić information content (AvgIpc) is 3.49. The molecular weight excluding hydrogens is 615 g/mol. The van der Waals surface area contributed by atoms with Gasteiger partial charge >= 0.3 is 0 Å². The van der Waals surface area contributed by atoms with Gasteiger partial charge in [-0.2, -0.15) is 0 Å². The summed E-state index contributed by atoms with van der Waals surface area (Å²) < 4.78 is 0. The third kappa shape index (κ3) is 4.22. The van der Waals surface area contributed by atoms with Gasteiger partial charge in [0, 0.05) is 22.5 Å². The predicted molar refractivity (Wildman–Crippen MR) is 213 cm³/mol. The normalized spacial score (nSPS) is 14.4. The molecule has 1 heteroatoms. The van der Waals surface area contributed by atoms with E-state index in [1.165, 1.54) is 66.4 Å². The largest absolute Gasteiger partial charge is 0.310 e. The summed E-state index contributed by atoms with van der Waals surface area (Å²) in [7, 11) is 0. The van der Waals surface area contributed by atoms with Crippen LogP contribution in [0, 0.1) is 0 Å². The molecule has 2 aliphatic carbocycles. The van der Waals surface area contributed by atoms with Gasteiger partial charge in [0.15, 0.2) is 0 Å². The van der Waals surface area contributed by atoms with Crippen LogP contribution in [0.2, 0.25) is 0 Å². The summed E-state index contributed by atoms with van der Waals surface area (Å²) in [6.45, 7) is 4.77. The molecule has 0 radical (unpaired) electrons. The zero-order chi connectivity index (χ0) is 34.2. The van der Waals surface area contributed by atoms with E-state index in [4.69, 9.17) is 0 Å². The first kappa shape index (κ1) is 29.7. The summed E-state index contributed by atoms with van der Waals surface area (Å²) >= 11 is 0. The molecule has 8 aromatic rings. The number of nitrogens with zero attached hydrogens (tertiary/aromatic N) is 1. The Morgan fingerprint density at radius 3 is 1.49 bits per heavy atom. The van der Waals surface area contributed by atoms with Crippen LogP contribution < -0.4 is 4.90 Å². The maximum Gasteiger partial charge on any atom is 0.0719 e. The lowest BCUT2D eigenvalue weighted by molar-refractivity contribution is 0.563. The smallest absolute Gasteiger partial charge is 0.0719 e. The van der Waals surface area contributed by atoms with Crippen LogP contribution in [0.4, 0.5) is 17.1 Å². The summed E-state index contributed by atoms with van der Waals surface area (Å²) in [5.74, 6) is 0. The van der Waals surface area contributed by atoms with Gasteiger partial charge in [-0.1, -0.05) is 159 Å². The molecule has 242 valence electrons.